The average molecular weight is 489 g/mol. The standard InChI is InChI=1S/C27H28N4O5/c1-3-5-6-7-11-30-23-15-13-31-20(12-17-16(24(31)32)14-36-25(33)27(17,35)4-2)22(15)28-18-9-8-10-19(21(18)23)29-26(30)34/h8-10,12,35H,3-7,11,13-14H2,1-2H3,(H,29,34)/t27-/m0/s1. The van der Waals surface area contributed by atoms with E-state index in [1.165, 1.54) is 0 Å². The van der Waals surface area contributed by atoms with E-state index in [1.807, 2.05) is 18.2 Å². The van der Waals surface area contributed by atoms with Crippen LogP contribution in [0.4, 0.5) is 16.2 Å². The summed E-state index contributed by atoms with van der Waals surface area (Å²) in [5, 5.41) is 15.0. The second-order valence-electron chi connectivity index (χ2n) is 9.73. The molecule has 3 aliphatic heterocycles. The molecule has 1 atom stereocenters. The Hall–Kier alpha value is -3.72. The minimum absolute atomic E-state index is 0.0834. The van der Waals surface area contributed by atoms with Gasteiger partial charge in [0.05, 0.1) is 40.4 Å². The first-order valence-corrected chi connectivity index (χ1v) is 12.6. The number of benzene rings is 1. The van der Waals surface area contributed by atoms with Crippen molar-refractivity contribution in [2.75, 3.05) is 16.8 Å². The molecule has 0 saturated carbocycles. The molecular formula is C27H28N4O5. The zero-order chi connectivity index (χ0) is 25.2. The number of unbranched alkanes of at least 4 members (excludes halogenated alkanes) is 3. The van der Waals surface area contributed by atoms with Gasteiger partial charge in [-0.1, -0.05) is 39.2 Å². The van der Waals surface area contributed by atoms with Gasteiger partial charge in [-0.25, -0.2) is 14.6 Å². The van der Waals surface area contributed by atoms with Crippen LogP contribution < -0.4 is 15.8 Å². The number of aliphatic hydroxyl groups is 1. The molecule has 2 amide bonds. The molecule has 0 bridgehead atoms. The summed E-state index contributed by atoms with van der Waals surface area (Å²) in [7, 11) is 0. The van der Waals surface area contributed by atoms with Crippen LogP contribution in [0.2, 0.25) is 0 Å². The summed E-state index contributed by atoms with van der Waals surface area (Å²) < 4.78 is 6.79. The summed E-state index contributed by atoms with van der Waals surface area (Å²) >= 11 is 0. The van der Waals surface area contributed by atoms with Crippen LogP contribution in [-0.4, -0.2) is 33.2 Å². The predicted molar refractivity (Wildman–Crippen MR) is 135 cm³/mol. The summed E-state index contributed by atoms with van der Waals surface area (Å²) in [6, 6.07) is 7.12. The second kappa shape index (κ2) is 8.16. The topological polar surface area (TPSA) is 114 Å². The number of ether oxygens (including phenoxy) is 1. The van der Waals surface area contributed by atoms with Gasteiger partial charge in [0.2, 0.25) is 0 Å². The summed E-state index contributed by atoms with van der Waals surface area (Å²) in [5.74, 6) is -0.749. The summed E-state index contributed by atoms with van der Waals surface area (Å²) in [6.07, 6.45) is 4.17. The minimum Gasteiger partial charge on any atom is -0.458 e. The number of cyclic esters (lactones) is 1. The van der Waals surface area contributed by atoms with Crippen LogP contribution in [0.15, 0.2) is 29.1 Å². The minimum atomic E-state index is -1.88. The van der Waals surface area contributed by atoms with Gasteiger partial charge in [0.25, 0.3) is 5.56 Å². The normalized spacial score (nSPS) is 19.6. The van der Waals surface area contributed by atoms with Crippen LogP contribution in [0.3, 0.4) is 0 Å². The molecule has 6 rings (SSSR count). The van der Waals surface area contributed by atoms with Crippen molar-refractivity contribution in [3.8, 4) is 11.4 Å². The zero-order valence-corrected chi connectivity index (χ0v) is 20.4. The van der Waals surface area contributed by atoms with Crippen molar-refractivity contribution in [2.24, 2.45) is 0 Å². The van der Waals surface area contributed by atoms with Gasteiger partial charge in [0.1, 0.15) is 6.61 Å². The third-order valence-corrected chi connectivity index (χ3v) is 7.68. The molecule has 2 aromatic heterocycles. The number of nitrogens with one attached hydrogen (secondary N) is 1. The Kier molecular flexibility index (Phi) is 5.15. The monoisotopic (exact) mass is 488 g/mol. The molecule has 9 nitrogen and oxygen atoms in total. The molecule has 0 aliphatic carbocycles. The van der Waals surface area contributed by atoms with Gasteiger partial charge < -0.3 is 19.7 Å². The van der Waals surface area contributed by atoms with Crippen molar-refractivity contribution in [1.29, 1.82) is 0 Å². The number of nitrogens with zero attached hydrogens (tertiary/aromatic N) is 3. The third-order valence-electron chi connectivity index (χ3n) is 7.68. The van der Waals surface area contributed by atoms with Crippen molar-refractivity contribution in [3.05, 3.63) is 51.3 Å². The van der Waals surface area contributed by atoms with E-state index in [4.69, 9.17) is 9.72 Å². The van der Waals surface area contributed by atoms with Gasteiger partial charge in [-0.3, -0.25) is 9.69 Å². The van der Waals surface area contributed by atoms with Crippen LogP contribution >= 0.6 is 0 Å². The van der Waals surface area contributed by atoms with Gasteiger partial charge in [0, 0.05) is 23.1 Å². The quantitative estimate of drug-likeness (QED) is 0.313. The molecule has 0 unspecified atom stereocenters. The van der Waals surface area contributed by atoms with E-state index in [1.54, 1.807) is 22.5 Å². The summed E-state index contributed by atoms with van der Waals surface area (Å²) in [4.78, 5) is 46.0. The van der Waals surface area contributed by atoms with Crippen molar-refractivity contribution in [3.63, 3.8) is 0 Å². The average Bonchev–Trinajstić information content (AvgIpc) is 3.24. The highest BCUT2D eigenvalue weighted by atomic mass is 16.6. The van der Waals surface area contributed by atoms with Gasteiger partial charge in [-0.05, 0) is 31.0 Å². The van der Waals surface area contributed by atoms with E-state index in [0.29, 0.717) is 29.1 Å². The fourth-order valence-electron chi connectivity index (χ4n) is 5.70. The lowest BCUT2D eigenvalue weighted by atomic mass is 9.86. The van der Waals surface area contributed by atoms with Gasteiger partial charge in [-0.2, -0.15) is 0 Å². The Morgan fingerprint density at radius 2 is 1.97 bits per heavy atom. The second-order valence-corrected chi connectivity index (χ2v) is 9.73. The number of urea groups is 1. The maximum absolute atomic E-state index is 13.6. The Balaban J connectivity index is 1.57. The van der Waals surface area contributed by atoms with Crippen molar-refractivity contribution < 1.29 is 19.4 Å². The molecule has 0 saturated heterocycles. The van der Waals surface area contributed by atoms with Gasteiger partial charge in [0.15, 0.2) is 5.60 Å². The molecule has 0 fully saturated rings. The Morgan fingerprint density at radius 1 is 1.14 bits per heavy atom. The van der Waals surface area contributed by atoms with E-state index in [0.717, 1.165) is 42.3 Å². The first kappa shape index (κ1) is 22.7. The highest BCUT2D eigenvalue weighted by Crippen LogP contribution is 2.46. The number of fused-ring (bicyclic) bond motifs is 5. The first-order chi connectivity index (χ1) is 17.4. The van der Waals surface area contributed by atoms with Gasteiger partial charge >= 0.3 is 12.0 Å². The summed E-state index contributed by atoms with van der Waals surface area (Å²) in [5.41, 5.74) is 2.50. The predicted octanol–water partition coefficient (Wildman–Crippen LogP) is 4.01. The SMILES string of the molecule is CCCCCCN1C(=O)Nc2cccc3nc4c(c1c23)Cn1c-4cc2c(c1=O)COC(=O)[C@]2(O)CC. The molecule has 186 valence electrons. The fourth-order valence-corrected chi connectivity index (χ4v) is 5.70. The largest absolute Gasteiger partial charge is 0.458 e. The van der Waals surface area contributed by atoms with E-state index < -0.39 is 11.6 Å². The number of hydrogen-bond donors (Lipinski definition) is 2. The van der Waals surface area contributed by atoms with Crippen LogP contribution in [0, 0.1) is 0 Å². The molecule has 5 heterocycles. The molecule has 0 radical (unpaired) electrons. The number of aromatic nitrogens is 2. The summed E-state index contributed by atoms with van der Waals surface area (Å²) in [6.45, 7) is 4.47. The van der Waals surface area contributed by atoms with E-state index in [9.17, 15) is 19.5 Å². The highest BCUT2D eigenvalue weighted by molar-refractivity contribution is 6.19. The maximum Gasteiger partial charge on any atom is 0.343 e. The first-order valence-electron chi connectivity index (χ1n) is 12.6. The Labute approximate surface area is 207 Å². The van der Waals surface area contributed by atoms with Crippen LogP contribution in [0.25, 0.3) is 22.3 Å². The number of pyridine rings is 2. The zero-order valence-electron chi connectivity index (χ0n) is 20.4. The molecule has 1 aromatic carbocycles. The molecule has 36 heavy (non-hydrogen) atoms. The molecular weight excluding hydrogens is 460 g/mol. The molecule has 2 N–H and O–H groups in total. The van der Waals surface area contributed by atoms with E-state index in [-0.39, 0.29) is 42.3 Å². The lowest BCUT2D eigenvalue weighted by molar-refractivity contribution is -0.172. The molecule has 9 heteroatoms. The Bertz CT molecular complexity index is 1510. The number of rotatable bonds is 6. The van der Waals surface area contributed by atoms with E-state index in [2.05, 4.69) is 12.2 Å². The lowest BCUT2D eigenvalue weighted by Crippen LogP contribution is -2.44. The van der Waals surface area contributed by atoms with Crippen molar-refractivity contribution in [1.82, 2.24) is 9.55 Å². The maximum atomic E-state index is 13.6. The van der Waals surface area contributed by atoms with E-state index >= 15 is 0 Å². The Morgan fingerprint density at radius 3 is 2.75 bits per heavy atom. The number of hydrogen-bond acceptors (Lipinski definition) is 6. The number of carbonyl (C=O) groups excluding carboxylic acids is 2. The number of carbonyl (C=O) groups is 2. The lowest BCUT2D eigenvalue weighted by Gasteiger charge is -2.31. The highest BCUT2D eigenvalue weighted by Gasteiger charge is 2.46. The molecule has 3 aromatic rings. The fraction of sp³-hybridized carbons (Fsp3) is 0.407. The number of amides is 2. The van der Waals surface area contributed by atoms with Crippen molar-refractivity contribution >= 4 is 34.3 Å². The third kappa shape index (κ3) is 3.05. The molecule has 3 aliphatic rings. The van der Waals surface area contributed by atoms with Crippen LogP contribution in [0.5, 0.6) is 0 Å². The number of esters is 1. The molecule has 0 spiro atoms. The van der Waals surface area contributed by atoms with Crippen LogP contribution in [0.1, 0.15) is 62.6 Å². The van der Waals surface area contributed by atoms with Gasteiger partial charge in [-0.15, -0.1) is 0 Å². The van der Waals surface area contributed by atoms with Crippen molar-refractivity contribution in [2.45, 2.75) is 64.7 Å². The number of anilines is 2. The van der Waals surface area contributed by atoms with Crippen LogP contribution in [-0.2, 0) is 28.3 Å². The smallest absolute Gasteiger partial charge is 0.343 e.